The molecule has 0 spiro atoms. The second-order valence-corrected chi connectivity index (χ2v) is 3.03. The predicted octanol–water partition coefficient (Wildman–Crippen LogP) is 0.910. The molecule has 0 saturated carbocycles. The zero-order valence-corrected chi connectivity index (χ0v) is 7.87. The van der Waals surface area contributed by atoms with Gasteiger partial charge in [0.1, 0.15) is 0 Å². The number of nitrogens with zero attached hydrogens (tertiary/aromatic N) is 1. The van der Waals surface area contributed by atoms with Gasteiger partial charge in [-0.15, -0.1) is 0 Å². The highest BCUT2D eigenvalue weighted by molar-refractivity contribution is 5.07. The molecule has 1 heterocycles. The third-order valence-electron chi connectivity index (χ3n) is 1.86. The van der Waals surface area contributed by atoms with Gasteiger partial charge in [0.25, 0.3) is 0 Å². The van der Waals surface area contributed by atoms with Crippen LogP contribution in [0.25, 0.3) is 0 Å². The van der Waals surface area contributed by atoms with E-state index in [1.54, 1.807) is 6.20 Å². The number of hydrogen-bond donors (Lipinski definition) is 2. The van der Waals surface area contributed by atoms with Gasteiger partial charge in [-0.2, -0.15) is 0 Å². The summed E-state index contributed by atoms with van der Waals surface area (Å²) < 4.78 is 0. The molecule has 72 valence electrons. The summed E-state index contributed by atoms with van der Waals surface area (Å²) in [6.45, 7) is 2.72. The van der Waals surface area contributed by atoms with E-state index in [-0.39, 0.29) is 0 Å². The third-order valence-corrected chi connectivity index (χ3v) is 1.86. The molecule has 0 aliphatic rings. The van der Waals surface area contributed by atoms with Crippen molar-refractivity contribution in [2.24, 2.45) is 5.73 Å². The molecule has 3 N–H and O–H groups in total. The van der Waals surface area contributed by atoms with Gasteiger partial charge in [-0.1, -0.05) is 6.07 Å². The van der Waals surface area contributed by atoms with Gasteiger partial charge in [0.15, 0.2) is 0 Å². The minimum Gasteiger partial charge on any atom is -0.330 e. The van der Waals surface area contributed by atoms with Crippen molar-refractivity contribution in [1.82, 2.24) is 10.3 Å². The Morgan fingerprint density at radius 3 is 3.00 bits per heavy atom. The molecule has 0 bridgehead atoms. The minimum atomic E-state index is 0.786. The SMILES string of the molecule is NCCCCNCc1cccnc1. The number of nitrogens with one attached hydrogen (secondary N) is 1. The molecule has 0 unspecified atom stereocenters. The van der Waals surface area contributed by atoms with Gasteiger partial charge in [0.05, 0.1) is 0 Å². The first kappa shape index (κ1) is 10.2. The maximum atomic E-state index is 5.38. The summed E-state index contributed by atoms with van der Waals surface area (Å²) in [7, 11) is 0. The summed E-state index contributed by atoms with van der Waals surface area (Å²) in [5, 5.41) is 3.34. The number of nitrogens with two attached hydrogens (primary N) is 1. The second kappa shape index (κ2) is 6.57. The van der Waals surface area contributed by atoms with E-state index in [1.807, 2.05) is 12.3 Å². The molecule has 3 heteroatoms. The normalized spacial score (nSPS) is 10.2. The Bertz CT molecular complexity index is 211. The molecule has 0 fully saturated rings. The monoisotopic (exact) mass is 179 g/mol. The maximum Gasteiger partial charge on any atom is 0.0312 e. The van der Waals surface area contributed by atoms with Crippen LogP contribution in [0.1, 0.15) is 18.4 Å². The van der Waals surface area contributed by atoms with Gasteiger partial charge < -0.3 is 11.1 Å². The summed E-state index contributed by atoms with van der Waals surface area (Å²) in [5.41, 5.74) is 6.62. The largest absolute Gasteiger partial charge is 0.330 e. The number of unbranched alkanes of at least 4 members (excludes halogenated alkanes) is 1. The molecule has 0 radical (unpaired) electrons. The van der Waals surface area contributed by atoms with E-state index in [4.69, 9.17) is 5.73 Å². The number of hydrogen-bond acceptors (Lipinski definition) is 3. The summed E-state index contributed by atoms with van der Waals surface area (Å²) in [6.07, 6.45) is 5.92. The molecule has 0 aliphatic heterocycles. The van der Waals surface area contributed by atoms with Crippen molar-refractivity contribution in [1.29, 1.82) is 0 Å². The van der Waals surface area contributed by atoms with E-state index >= 15 is 0 Å². The minimum absolute atomic E-state index is 0.786. The lowest BCUT2D eigenvalue weighted by atomic mass is 10.2. The van der Waals surface area contributed by atoms with E-state index in [2.05, 4.69) is 16.4 Å². The van der Waals surface area contributed by atoms with Gasteiger partial charge >= 0.3 is 0 Å². The van der Waals surface area contributed by atoms with Crippen LogP contribution < -0.4 is 11.1 Å². The van der Waals surface area contributed by atoms with Crippen molar-refractivity contribution in [3.05, 3.63) is 30.1 Å². The molecular formula is C10H17N3. The highest BCUT2D eigenvalue weighted by atomic mass is 14.8. The lowest BCUT2D eigenvalue weighted by molar-refractivity contribution is 0.626. The number of rotatable bonds is 6. The van der Waals surface area contributed by atoms with Crippen molar-refractivity contribution in [2.45, 2.75) is 19.4 Å². The Morgan fingerprint density at radius 2 is 2.31 bits per heavy atom. The molecular weight excluding hydrogens is 162 g/mol. The standard InChI is InChI=1S/C10H17N3/c11-5-1-2-6-12-8-10-4-3-7-13-9-10/h3-4,7,9,12H,1-2,5-6,8,11H2. The molecule has 0 atom stereocenters. The fourth-order valence-corrected chi connectivity index (χ4v) is 1.13. The lowest BCUT2D eigenvalue weighted by Crippen LogP contribution is -2.15. The van der Waals surface area contributed by atoms with E-state index < -0.39 is 0 Å². The Kier molecular flexibility index (Phi) is 5.13. The van der Waals surface area contributed by atoms with Crippen LogP contribution in [-0.4, -0.2) is 18.1 Å². The average molecular weight is 179 g/mol. The van der Waals surface area contributed by atoms with Crippen LogP contribution in [0.4, 0.5) is 0 Å². The third kappa shape index (κ3) is 4.60. The predicted molar refractivity (Wildman–Crippen MR) is 54.2 cm³/mol. The smallest absolute Gasteiger partial charge is 0.0312 e. The summed E-state index contributed by atoms with van der Waals surface area (Å²) in [4.78, 5) is 4.04. The van der Waals surface area contributed by atoms with Crippen molar-refractivity contribution in [2.75, 3.05) is 13.1 Å². The van der Waals surface area contributed by atoms with Crippen molar-refractivity contribution in [3.8, 4) is 0 Å². The first-order chi connectivity index (χ1) is 6.43. The van der Waals surface area contributed by atoms with E-state index in [0.717, 1.165) is 32.5 Å². The van der Waals surface area contributed by atoms with Crippen LogP contribution in [0, 0.1) is 0 Å². The molecule has 0 amide bonds. The molecule has 13 heavy (non-hydrogen) atoms. The molecule has 3 nitrogen and oxygen atoms in total. The van der Waals surface area contributed by atoms with Gasteiger partial charge in [-0.05, 0) is 37.6 Å². The lowest BCUT2D eigenvalue weighted by Gasteiger charge is -2.03. The van der Waals surface area contributed by atoms with Crippen LogP contribution in [0.15, 0.2) is 24.5 Å². The van der Waals surface area contributed by atoms with Crippen LogP contribution in [-0.2, 0) is 6.54 Å². The zero-order chi connectivity index (χ0) is 9.36. The zero-order valence-electron chi connectivity index (χ0n) is 7.87. The molecule has 1 aromatic rings. The average Bonchev–Trinajstić information content (AvgIpc) is 2.19. The molecule has 1 rings (SSSR count). The van der Waals surface area contributed by atoms with Gasteiger partial charge in [-0.3, -0.25) is 4.98 Å². The number of aromatic nitrogens is 1. The van der Waals surface area contributed by atoms with Crippen molar-refractivity contribution >= 4 is 0 Å². The highest BCUT2D eigenvalue weighted by Crippen LogP contribution is 1.94. The summed E-state index contributed by atoms with van der Waals surface area (Å²) in [6, 6.07) is 4.03. The fourth-order valence-electron chi connectivity index (χ4n) is 1.13. The van der Waals surface area contributed by atoms with Crippen molar-refractivity contribution < 1.29 is 0 Å². The first-order valence-electron chi connectivity index (χ1n) is 4.73. The first-order valence-corrected chi connectivity index (χ1v) is 4.73. The van der Waals surface area contributed by atoms with E-state index in [0.29, 0.717) is 0 Å². The number of pyridine rings is 1. The maximum absolute atomic E-state index is 5.38. The Hall–Kier alpha value is -0.930. The van der Waals surface area contributed by atoms with Gasteiger partial charge in [0.2, 0.25) is 0 Å². The van der Waals surface area contributed by atoms with Crippen LogP contribution in [0.2, 0.25) is 0 Å². The summed E-state index contributed by atoms with van der Waals surface area (Å²) >= 11 is 0. The van der Waals surface area contributed by atoms with Crippen LogP contribution >= 0.6 is 0 Å². The quantitative estimate of drug-likeness (QED) is 0.638. The Morgan fingerprint density at radius 1 is 1.38 bits per heavy atom. The van der Waals surface area contributed by atoms with Crippen molar-refractivity contribution in [3.63, 3.8) is 0 Å². The second-order valence-electron chi connectivity index (χ2n) is 3.03. The van der Waals surface area contributed by atoms with Gasteiger partial charge in [0, 0.05) is 18.9 Å². The molecule has 0 aliphatic carbocycles. The highest BCUT2D eigenvalue weighted by Gasteiger charge is 1.90. The van der Waals surface area contributed by atoms with Gasteiger partial charge in [-0.25, -0.2) is 0 Å². The van der Waals surface area contributed by atoms with Crippen LogP contribution in [0.3, 0.4) is 0 Å². The van der Waals surface area contributed by atoms with E-state index in [1.165, 1.54) is 5.56 Å². The molecule has 0 saturated heterocycles. The van der Waals surface area contributed by atoms with E-state index in [9.17, 15) is 0 Å². The topological polar surface area (TPSA) is 50.9 Å². The Balaban J connectivity index is 2.07. The molecule has 1 aromatic heterocycles. The van der Waals surface area contributed by atoms with Crippen LogP contribution in [0.5, 0.6) is 0 Å². The molecule has 0 aromatic carbocycles. The Labute approximate surface area is 79.4 Å². The fraction of sp³-hybridized carbons (Fsp3) is 0.500. The summed E-state index contributed by atoms with van der Waals surface area (Å²) in [5.74, 6) is 0.